The second kappa shape index (κ2) is 10.4. The maximum Gasteiger partial charge on any atom is 0.225 e. The van der Waals surface area contributed by atoms with E-state index in [9.17, 15) is 0 Å². The fourth-order valence-corrected chi connectivity index (χ4v) is 4.21. The summed E-state index contributed by atoms with van der Waals surface area (Å²) in [5.74, 6) is 1.58. The number of aromatic nitrogens is 2. The van der Waals surface area contributed by atoms with Gasteiger partial charge in [0.15, 0.2) is 0 Å². The number of nitrogens with one attached hydrogen (secondary N) is 2. The SMILES string of the molecule is C=CCN(c1ccccc1)c1nc(NCC(=N)N(C)c2c(C)cccc2Cl)nc2ccccc12. The van der Waals surface area contributed by atoms with Crippen molar-refractivity contribution in [2.75, 3.05) is 35.3 Å². The first-order chi connectivity index (χ1) is 16.5. The van der Waals surface area contributed by atoms with Crippen molar-refractivity contribution in [3.63, 3.8) is 0 Å². The molecule has 0 saturated carbocycles. The number of para-hydroxylation sites is 3. The number of anilines is 4. The zero-order valence-electron chi connectivity index (χ0n) is 19.3. The maximum atomic E-state index is 8.60. The van der Waals surface area contributed by atoms with E-state index >= 15 is 0 Å². The number of halogens is 1. The summed E-state index contributed by atoms with van der Waals surface area (Å²) in [7, 11) is 1.84. The van der Waals surface area contributed by atoms with Crippen LogP contribution in [0.4, 0.5) is 23.1 Å². The lowest BCUT2D eigenvalue weighted by Gasteiger charge is -2.25. The predicted molar refractivity (Wildman–Crippen MR) is 144 cm³/mol. The molecule has 2 N–H and O–H groups in total. The lowest BCUT2D eigenvalue weighted by atomic mass is 10.2. The first-order valence-electron chi connectivity index (χ1n) is 11.0. The molecule has 172 valence electrons. The van der Waals surface area contributed by atoms with Crippen LogP contribution >= 0.6 is 11.6 Å². The molecule has 0 aliphatic heterocycles. The Morgan fingerprint density at radius 2 is 1.76 bits per heavy atom. The number of rotatable bonds is 8. The Morgan fingerprint density at radius 1 is 1.03 bits per heavy atom. The summed E-state index contributed by atoms with van der Waals surface area (Å²) in [6.07, 6.45) is 1.85. The van der Waals surface area contributed by atoms with Gasteiger partial charge >= 0.3 is 0 Å². The molecule has 0 fully saturated rings. The molecule has 0 amide bonds. The highest BCUT2D eigenvalue weighted by molar-refractivity contribution is 6.34. The summed E-state index contributed by atoms with van der Waals surface area (Å²) in [5.41, 5.74) is 3.66. The van der Waals surface area contributed by atoms with Crippen LogP contribution in [0, 0.1) is 12.3 Å². The van der Waals surface area contributed by atoms with E-state index in [-0.39, 0.29) is 6.54 Å². The number of hydrogen-bond acceptors (Lipinski definition) is 5. The van der Waals surface area contributed by atoms with Gasteiger partial charge in [-0.25, -0.2) is 4.98 Å². The second-order valence-corrected chi connectivity index (χ2v) is 8.29. The van der Waals surface area contributed by atoms with Crippen LogP contribution in [0.1, 0.15) is 5.56 Å². The zero-order valence-corrected chi connectivity index (χ0v) is 20.0. The smallest absolute Gasteiger partial charge is 0.225 e. The summed E-state index contributed by atoms with van der Waals surface area (Å²) < 4.78 is 0. The van der Waals surface area contributed by atoms with Crippen LogP contribution in [0.25, 0.3) is 10.9 Å². The van der Waals surface area contributed by atoms with E-state index in [4.69, 9.17) is 27.0 Å². The summed E-state index contributed by atoms with van der Waals surface area (Å²) in [6.45, 7) is 6.75. The van der Waals surface area contributed by atoms with Gasteiger partial charge in [-0.15, -0.1) is 6.58 Å². The number of aryl methyl sites for hydroxylation is 1. The Bertz CT molecular complexity index is 1300. The normalized spacial score (nSPS) is 10.7. The lowest BCUT2D eigenvalue weighted by Crippen LogP contribution is -2.32. The lowest BCUT2D eigenvalue weighted by molar-refractivity contribution is 1.04. The highest BCUT2D eigenvalue weighted by Crippen LogP contribution is 2.31. The highest BCUT2D eigenvalue weighted by Gasteiger charge is 2.17. The molecule has 0 aliphatic rings. The van der Waals surface area contributed by atoms with Gasteiger partial charge in [-0.2, -0.15) is 4.98 Å². The molecular formula is C27H27ClN6. The molecule has 0 spiro atoms. The molecule has 1 aromatic heterocycles. The molecule has 7 heteroatoms. The Kier molecular flexibility index (Phi) is 7.09. The predicted octanol–water partition coefficient (Wildman–Crippen LogP) is 6.44. The molecule has 3 aromatic carbocycles. The van der Waals surface area contributed by atoms with Gasteiger partial charge in [-0.1, -0.05) is 60.1 Å². The standard InChI is InChI=1S/C27H27ClN6/c1-4-17-34(20-12-6-5-7-13-20)26-21-14-8-9-16-23(21)31-27(32-26)30-18-24(29)33(3)25-19(2)11-10-15-22(25)28/h4-16,29H,1,17-18H2,2-3H3,(H,30,31,32). The van der Waals surface area contributed by atoms with Crippen LogP contribution in [0.15, 0.2) is 85.5 Å². The van der Waals surface area contributed by atoms with E-state index in [1.54, 1.807) is 4.90 Å². The van der Waals surface area contributed by atoms with Gasteiger partial charge in [0.1, 0.15) is 11.7 Å². The fraction of sp³-hybridized carbons (Fsp3) is 0.148. The third-order valence-corrected chi connectivity index (χ3v) is 5.87. The Morgan fingerprint density at radius 3 is 2.50 bits per heavy atom. The molecule has 1 heterocycles. The Hall–Kier alpha value is -3.90. The molecule has 0 radical (unpaired) electrons. The van der Waals surface area contributed by atoms with E-state index in [1.807, 2.05) is 92.8 Å². The molecule has 0 saturated heterocycles. The first-order valence-corrected chi connectivity index (χ1v) is 11.4. The molecule has 34 heavy (non-hydrogen) atoms. The van der Waals surface area contributed by atoms with Crippen molar-refractivity contribution < 1.29 is 0 Å². The number of nitrogens with zero attached hydrogens (tertiary/aromatic N) is 4. The van der Waals surface area contributed by atoms with Crippen molar-refractivity contribution in [1.82, 2.24) is 9.97 Å². The largest absolute Gasteiger partial charge is 0.347 e. The minimum atomic E-state index is 0.242. The number of benzene rings is 3. The van der Waals surface area contributed by atoms with Gasteiger partial charge in [-0.3, -0.25) is 5.41 Å². The number of fused-ring (bicyclic) bond motifs is 1. The van der Waals surface area contributed by atoms with E-state index in [2.05, 4.69) is 16.8 Å². The van der Waals surface area contributed by atoms with Crippen molar-refractivity contribution in [3.8, 4) is 0 Å². The molecule has 6 nitrogen and oxygen atoms in total. The highest BCUT2D eigenvalue weighted by atomic mass is 35.5. The number of likely N-dealkylation sites (N-methyl/N-ethyl adjacent to an activating group) is 1. The van der Waals surface area contributed by atoms with Crippen LogP contribution in [-0.4, -0.2) is 35.9 Å². The summed E-state index contributed by atoms with van der Waals surface area (Å²) in [5, 5.41) is 13.4. The third-order valence-electron chi connectivity index (χ3n) is 5.56. The van der Waals surface area contributed by atoms with Gasteiger partial charge in [0.25, 0.3) is 0 Å². The minimum Gasteiger partial charge on any atom is -0.347 e. The Balaban J connectivity index is 1.65. The quantitative estimate of drug-likeness (QED) is 0.176. The van der Waals surface area contributed by atoms with E-state index < -0.39 is 0 Å². The van der Waals surface area contributed by atoms with Crippen LogP contribution in [-0.2, 0) is 0 Å². The summed E-state index contributed by atoms with van der Waals surface area (Å²) in [4.78, 5) is 13.4. The first kappa shape index (κ1) is 23.3. The molecule has 0 unspecified atom stereocenters. The maximum absolute atomic E-state index is 8.60. The molecular weight excluding hydrogens is 444 g/mol. The minimum absolute atomic E-state index is 0.242. The Labute approximate surface area is 205 Å². The fourth-order valence-electron chi connectivity index (χ4n) is 3.86. The van der Waals surface area contributed by atoms with Gasteiger partial charge in [0.05, 0.1) is 22.8 Å². The second-order valence-electron chi connectivity index (χ2n) is 7.89. The van der Waals surface area contributed by atoms with Gasteiger partial charge in [0.2, 0.25) is 5.95 Å². The molecule has 4 rings (SSSR count). The van der Waals surface area contributed by atoms with Crippen LogP contribution in [0.5, 0.6) is 0 Å². The zero-order chi connectivity index (χ0) is 24.1. The topological polar surface area (TPSA) is 68.1 Å². The average molecular weight is 471 g/mol. The summed E-state index contributed by atoms with van der Waals surface area (Å²) >= 11 is 6.40. The van der Waals surface area contributed by atoms with Crippen molar-refractivity contribution in [3.05, 3.63) is 96.0 Å². The van der Waals surface area contributed by atoms with Crippen molar-refractivity contribution >= 4 is 51.5 Å². The van der Waals surface area contributed by atoms with Crippen LogP contribution in [0.3, 0.4) is 0 Å². The molecule has 4 aromatic rings. The van der Waals surface area contributed by atoms with Gasteiger partial charge < -0.3 is 15.1 Å². The van der Waals surface area contributed by atoms with Crippen LogP contribution in [0.2, 0.25) is 5.02 Å². The van der Waals surface area contributed by atoms with Crippen LogP contribution < -0.4 is 15.1 Å². The third kappa shape index (κ3) is 4.87. The van der Waals surface area contributed by atoms with Crippen molar-refractivity contribution in [2.24, 2.45) is 0 Å². The van der Waals surface area contributed by atoms with E-state index in [1.165, 1.54) is 0 Å². The van der Waals surface area contributed by atoms with Crippen molar-refractivity contribution in [1.29, 1.82) is 5.41 Å². The van der Waals surface area contributed by atoms with E-state index in [0.29, 0.717) is 23.4 Å². The van der Waals surface area contributed by atoms with Gasteiger partial charge in [-0.05, 0) is 42.8 Å². The number of hydrogen-bond donors (Lipinski definition) is 2. The van der Waals surface area contributed by atoms with Gasteiger partial charge in [0, 0.05) is 24.7 Å². The average Bonchev–Trinajstić information content (AvgIpc) is 2.85. The van der Waals surface area contributed by atoms with Crippen molar-refractivity contribution in [2.45, 2.75) is 6.92 Å². The van der Waals surface area contributed by atoms with E-state index in [0.717, 1.165) is 33.7 Å². The molecule has 0 aliphatic carbocycles. The molecule has 0 atom stereocenters. The summed E-state index contributed by atoms with van der Waals surface area (Å²) in [6, 6.07) is 23.7. The monoisotopic (exact) mass is 470 g/mol. The molecule has 0 bridgehead atoms. The number of amidine groups is 1.